The van der Waals surface area contributed by atoms with Gasteiger partial charge in [-0.25, -0.2) is 18.7 Å². The second-order valence-electron chi connectivity index (χ2n) is 2.86. The number of halogens is 2. The van der Waals surface area contributed by atoms with E-state index in [0.29, 0.717) is 0 Å². The van der Waals surface area contributed by atoms with Gasteiger partial charge >= 0.3 is 5.63 Å². The summed E-state index contributed by atoms with van der Waals surface area (Å²) in [5.74, 6) is -3.99. The standard InChI is InChI=1S/C6H4F2N2O3/c7-6(8)1-2(6)3-4(9-12)5(11)13-10-3/h2,10H,1H2. The largest absolute Gasteiger partial charge is 0.386 e. The topological polar surface area (TPSA) is 75.4 Å². The van der Waals surface area contributed by atoms with E-state index < -0.39 is 23.2 Å². The zero-order chi connectivity index (χ0) is 9.64. The van der Waals surface area contributed by atoms with Crippen LogP contribution in [0.5, 0.6) is 0 Å². The van der Waals surface area contributed by atoms with Gasteiger partial charge in [0.05, 0.1) is 11.6 Å². The first-order valence-electron chi connectivity index (χ1n) is 3.49. The van der Waals surface area contributed by atoms with Crippen molar-refractivity contribution in [3.63, 3.8) is 0 Å². The van der Waals surface area contributed by atoms with E-state index in [1.807, 2.05) is 5.16 Å². The average molecular weight is 190 g/mol. The van der Waals surface area contributed by atoms with Gasteiger partial charge in [0.25, 0.3) is 5.92 Å². The molecule has 0 amide bonds. The zero-order valence-electron chi connectivity index (χ0n) is 6.21. The van der Waals surface area contributed by atoms with Crippen molar-refractivity contribution in [1.29, 1.82) is 0 Å². The molecule has 1 aliphatic rings. The molecule has 0 aliphatic heterocycles. The lowest BCUT2D eigenvalue weighted by atomic mass is 10.2. The third kappa shape index (κ3) is 1.07. The Balaban J connectivity index is 2.43. The number of aromatic nitrogens is 1. The smallest absolute Gasteiger partial charge is 0.336 e. The quantitative estimate of drug-likeness (QED) is 0.717. The lowest BCUT2D eigenvalue weighted by molar-refractivity contribution is 0.111. The van der Waals surface area contributed by atoms with Crippen LogP contribution in [-0.2, 0) is 0 Å². The molecule has 0 spiro atoms. The highest BCUT2D eigenvalue weighted by atomic mass is 19.3. The van der Waals surface area contributed by atoms with Crippen LogP contribution in [0.4, 0.5) is 14.5 Å². The Morgan fingerprint density at radius 3 is 2.69 bits per heavy atom. The number of nitrogens with one attached hydrogen (secondary N) is 1. The Bertz CT molecular complexity index is 408. The molecule has 7 heteroatoms. The number of alkyl halides is 2. The van der Waals surface area contributed by atoms with Crippen LogP contribution in [0.1, 0.15) is 18.0 Å². The van der Waals surface area contributed by atoms with E-state index in [2.05, 4.69) is 9.70 Å². The maximum atomic E-state index is 12.5. The summed E-state index contributed by atoms with van der Waals surface area (Å²) in [6.07, 6.45) is -0.384. The minimum Gasteiger partial charge on any atom is -0.336 e. The molecule has 2 rings (SSSR count). The lowest BCUT2D eigenvalue weighted by Crippen LogP contribution is -1.95. The number of H-pyrrole nitrogens is 1. The second-order valence-corrected chi connectivity index (χ2v) is 2.86. The first-order valence-corrected chi connectivity index (χ1v) is 3.49. The Hall–Kier alpha value is -1.53. The molecule has 1 unspecified atom stereocenters. The van der Waals surface area contributed by atoms with E-state index in [9.17, 15) is 18.5 Å². The van der Waals surface area contributed by atoms with E-state index >= 15 is 0 Å². The number of nitrogens with zero attached hydrogens (tertiary/aromatic N) is 1. The fraction of sp³-hybridized carbons (Fsp3) is 0.500. The van der Waals surface area contributed by atoms with Crippen LogP contribution in [0.15, 0.2) is 14.5 Å². The number of nitroso groups, excluding NO2 is 1. The number of aromatic amines is 1. The molecular weight excluding hydrogens is 186 g/mol. The van der Waals surface area contributed by atoms with Crippen molar-refractivity contribution in [3.05, 3.63) is 21.0 Å². The van der Waals surface area contributed by atoms with Gasteiger partial charge in [-0.2, -0.15) is 0 Å². The molecule has 0 radical (unpaired) electrons. The minimum absolute atomic E-state index is 0.204. The SMILES string of the molecule is O=Nc1c(C2CC2(F)F)[nH]oc1=O. The predicted molar refractivity (Wildman–Crippen MR) is 37.1 cm³/mol. The highest BCUT2D eigenvalue weighted by molar-refractivity contribution is 5.44. The maximum absolute atomic E-state index is 12.5. The summed E-state index contributed by atoms with van der Waals surface area (Å²) in [4.78, 5) is 20.8. The third-order valence-electron chi connectivity index (χ3n) is 1.97. The molecule has 0 aromatic carbocycles. The van der Waals surface area contributed by atoms with Gasteiger partial charge in [-0.15, -0.1) is 4.91 Å². The van der Waals surface area contributed by atoms with Crippen LogP contribution in [0.2, 0.25) is 0 Å². The van der Waals surface area contributed by atoms with Crippen molar-refractivity contribution in [1.82, 2.24) is 5.16 Å². The maximum Gasteiger partial charge on any atom is 0.386 e. The van der Waals surface area contributed by atoms with Crippen LogP contribution in [0.25, 0.3) is 0 Å². The van der Waals surface area contributed by atoms with E-state index in [1.54, 1.807) is 0 Å². The molecule has 0 bridgehead atoms. The van der Waals surface area contributed by atoms with Gasteiger partial charge in [0.15, 0.2) is 0 Å². The Morgan fingerprint density at radius 1 is 1.62 bits per heavy atom. The summed E-state index contributed by atoms with van der Waals surface area (Å²) in [6.45, 7) is 0. The van der Waals surface area contributed by atoms with Crippen LogP contribution < -0.4 is 5.63 Å². The van der Waals surface area contributed by atoms with Gasteiger partial charge in [0, 0.05) is 6.42 Å². The van der Waals surface area contributed by atoms with Gasteiger partial charge in [0.1, 0.15) is 0 Å². The van der Waals surface area contributed by atoms with Crippen molar-refractivity contribution >= 4 is 5.69 Å². The molecule has 1 saturated carbocycles. The highest BCUT2D eigenvalue weighted by Crippen LogP contribution is 2.56. The van der Waals surface area contributed by atoms with E-state index in [0.717, 1.165) is 0 Å². The van der Waals surface area contributed by atoms with Gasteiger partial charge in [-0.1, -0.05) is 0 Å². The van der Waals surface area contributed by atoms with Crippen LogP contribution in [-0.4, -0.2) is 11.1 Å². The van der Waals surface area contributed by atoms with E-state index in [1.165, 1.54) is 0 Å². The summed E-state index contributed by atoms with van der Waals surface area (Å²) < 4.78 is 29.2. The van der Waals surface area contributed by atoms with Crippen molar-refractivity contribution in [2.24, 2.45) is 5.18 Å². The van der Waals surface area contributed by atoms with Crippen LogP contribution in [0, 0.1) is 4.91 Å². The Kier molecular flexibility index (Phi) is 1.39. The van der Waals surface area contributed by atoms with Gasteiger partial charge < -0.3 is 4.52 Å². The molecule has 1 N–H and O–H groups in total. The van der Waals surface area contributed by atoms with E-state index in [-0.39, 0.29) is 12.1 Å². The molecule has 1 fully saturated rings. The second kappa shape index (κ2) is 2.24. The Labute approximate surface area is 69.7 Å². The number of hydrogen-bond donors (Lipinski definition) is 1. The molecule has 1 heterocycles. The summed E-state index contributed by atoms with van der Waals surface area (Å²) in [5, 5.41) is 4.32. The first-order chi connectivity index (χ1) is 6.06. The molecular formula is C6H4F2N2O3. The van der Waals surface area contributed by atoms with Crippen LogP contribution >= 0.6 is 0 Å². The molecule has 13 heavy (non-hydrogen) atoms. The number of rotatable bonds is 2. The fourth-order valence-electron chi connectivity index (χ4n) is 1.16. The highest BCUT2D eigenvalue weighted by Gasteiger charge is 2.60. The van der Waals surface area contributed by atoms with Crippen LogP contribution in [0.3, 0.4) is 0 Å². The lowest BCUT2D eigenvalue weighted by Gasteiger charge is -1.91. The molecule has 70 valence electrons. The molecule has 1 atom stereocenters. The predicted octanol–water partition coefficient (Wildman–Crippen LogP) is 1.49. The van der Waals surface area contributed by atoms with Gasteiger partial charge in [-0.05, 0) is 5.18 Å². The normalized spacial score (nSPS) is 24.3. The third-order valence-corrected chi connectivity index (χ3v) is 1.97. The van der Waals surface area contributed by atoms with E-state index in [4.69, 9.17) is 0 Å². The molecule has 5 nitrogen and oxygen atoms in total. The summed E-state index contributed by atoms with van der Waals surface area (Å²) >= 11 is 0. The van der Waals surface area contributed by atoms with Crippen molar-refractivity contribution < 1.29 is 13.3 Å². The average Bonchev–Trinajstić information content (AvgIpc) is 2.55. The molecule has 1 aromatic rings. The summed E-state index contributed by atoms with van der Waals surface area (Å²) in [5.41, 5.74) is -1.79. The zero-order valence-corrected chi connectivity index (χ0v) is 6.21. The van der Waals surface area contributed by atoms with Crippen molar-refractivity contribution in [2.75, 3.05) is 0 Å². The first kappa shape index (κ1) is 8.09. The molecule has 1 aromatic heterocycles. The summed E-state index contributed by atoms with van der Waals surface area (Å²) in [6, 6.07) is 0. The molecule has 0 saturated heterocycles. The van der Waals surface area contributed by atoms with Crippen molar-refractivity contribution in [2.45, 2.75) is 18.3 Å². The summed E-state index contributed by atoms with van der Waals surface area (Å²) in [7, 11) is 0. The number of hydrogen-bond acceptors (Lipinski definition) is 4. The van der Waals surface area contributed by atoms with Gasteiger partial charge in [0.2, 0.25) is 5.69 Å². The Morgan fingerprint density at radius 2 is 2.23 bits per heavy atom. The fourth-order valence-corrected chi connectivity index (χ4v) is 1.16. The molecule has 1 aliphatic carbocycles. The minimum atomic E-state index is -2.85. The van der Waals surface area contributed by atoms with Gasteiger partial charge in [-0.3, -0.25) is 0 Å². The monoisotopic (exact) mass is 190 g/mol. The van der Waals surface area contributed by atoms with Crippen molar-refractivity contribution in [3.8, 4) is 0 Å².